The van der Waals surface area contributed by atoms with Crippen molar-refractivity contribution in [2.45, 2.75) is 27.7 Å². The summed E-state index contributed by atoms with van der Waals surface area (Å²) in [5.41, 5.74) is 1.43. The molecule has 0 saturated carbocycles. The Balaban J connectivity index is 0.000000659. The number of carbonyl (C=O) groups is 1. The summed E-state index contributed by atoms with van der Waals surface area (Å²) < 4.78 is 1.63. The van der Waals surface area contributed by atoms with Crippen LogP contribution in [-0.2, 0) is 0 Å². The monoisotopic (exact) mass is 266 g/mol. The van der Waals surface area contributed by atoms with Gasteiger partial charge in [-0.1, -0.05) is 39.3 Å². The van der Waals surface area contributed by atoms with Crippen LogP contribution in [0.15, 0.2) is 36.7 Å². The quantitative estimate of drug-likeness (QED) is 0.756. The number of hydrogen-bond donors (Lipinski definition) is 0. The van der Waals surface area contributed by atoms with Crippen molar-refractivity contribution in [3.63, 3.8) is 0 Å². The Morgan fingerprint density at radius 1 is 1.11 bits per heavy atom. The molecule has 1 aromatic heterocycles. The summed E-state index contributed by atoms with van der Waals surface area (Å²) in [7, 11) is 0. The second kappa shape index (κ2) is 9.42. The SMILES string of the molecule is CC.CC.O=Cc1cnn(-c2ccc(Cl)cc2)c1. The molecular formula is C14H19ClN2O. The average molecular weight is 267 g/mol. The van der Waals surface area contributed by atoms with Crippen LogP contribution < -0.4 is 0 Å². The molecule has 0 spiro atoms. The van der Waals surface area contributed by atoms with Gasteiger partial charge in [-0.05, 0) is 24.3 Å². The van der Waals surface area contributed by atoms with Crippen LogP contribution in [-0.4, -0.2) is 16.1 Å². The molecule has 1 aromatic carbocycles. The van der Waals surface area contributed by atoms with Crippen molar-refractivity contribution >= 4 is 17.9 Å². The molecule has 3 nitrogen and oxygen atoms in total. The van der Waals surface area contributed by atoms with E-state index in [0.717, 1.165) is 12.0 Å². The first-order chi connectivity index (χ1) is 8.79. The third-order valence-electron chi connectivity index (χ3n) is 1.83. The Labute approximate surface area is 113 Å². The van der Waals surface area contributed by atoms with Crippen LogP contribution >= 0.6 is 11.6 Å². The van der Waals surface area contributed by atoms with E-state index in [0.29, 0.717) is 10.6 Å². The molecule has 1 heterocycles. The summed E-state index contributed by atoms with van der Waals surface area (Å²) in [5.74, 6) is 0. The molecule has 0 aliphatic rings. The van der Waals surface area contributed by atoms with Gasteiger partial charge < -0.3 is 0 Å². The molecule has 0 N–H and O–H groups in total. The zero-order valence-electron chi connectivity index (χ0n) is 11.2. The molecule has 0 atom stereocenters. The predicted molar refractivity (Wildman–Crippen MR) is 76.7 cm³/mol. The first kappa shape index (κ1) is 16.4. The van der Waals surface area contributed by atoms with E-state index in [1.54, 1.807) is 23.0 Å². The highest BCUT2D eigenvalue weighted by atomic mass is 35.5. The van der Waals surface area contributed by atoms with Crippen LogP contribution in [0.5, 0.6) is 0 Å². The lowest BCUT2D eigenvalue weighted by Gasteiger charge is -1.99. The van der Waals surface area contributed by atoms with E-state index in [2.05, 4.69) is 5.10 Å². The van der Waals surface area contributed by atoms with Crippen LogP contribution in [0, 0.1) is 0 Å². The fourth-order valence-corrected chi connectivity index (χ4v) is 1.26. The van der Waals surface area contributed by atoms with Crippen LogP contribution in [0.3, 0.4) is 0 Å². The van der Waals surface area contributed by atoms with Crippen molar-refractivity contribution in [3.8, 4) is 5.69 Å². The number of nitrogens with zero attached hydrogens (tertiary/aromatic N) is 2. The van der Waals surface area contributed by atoms with Crippen molar-refractivity contribution in [2.24, 2.45) is 0 Å². The van der Waals surface area contributed by atoms with Gasteiger partial charge in [0.25, 0.3) is 0 Å². The second-order valence-corrected chi connectivity index (χ2v) is 3.25. The average Bonchev–Trinajstić information content (AvgIpc) is 2.93. The van der Waals surface area contributed by atoms with Crippen molar-refractivity contribution in [1.29, 1.82) is 0 Å². The molecule has 4 heteroatoms. The number of benzene rings is 1. The predicted octanol–water partition coefficient (Wildman–Crippen LogP) is 4.39. The molecule has 0 amide bonds. The molecule has 18 heavy (non-hydrogen) atoms. The summed E-state index contributed by atoms with van der Waals surface area (Å²) in [4.78, 5) is 10.4. The topological polar surface area (TPSA) is 34.9 Å². The number of hydrogen-bond acceptors (Lipinski definition) is 2. The molecule has 0 saturated heterocycles. The normalized spacial score (nSPS) is 8.50. The summed E-state index contributed by atoms with van der Waals surface area (Å²) in [5, 5.41) is 4.71. The number of aromatic nitrogens is 2. The number of rotatable bonds is 2. The summed E-state index contributed by atoms with van der Waals surface area (Å²) in [6.07, 6.45) is 3.94. The van der Waals surface area contributed by atoms with Crippen molar-refractivity contribution in [1.82, 2.24) is 9.78 Å². The van der Waals surface area contributed by atoms with E-state index in [9.17, 15) is 4.79 Å². The highest BCUT2D eigenvalue weighted by Gasteiger charge is 1.99. The Bertz CT molecular complexity index is 449. The lowest BCUT2D eigenvalue weighted by atomic mass is 10.3. The highest BCUT2D eigenvalue weighted by molar-refractivity contribution is 6.30. The lowest BCUT2D eigenvalue weighted by Crippen LogP contribution is -1.92. The Hall–Kier alpha value is -1.61. The van der Waals surface area contributed by atoms with Crippen LogP contribution in [0.2, 0.25) is 5.02 Å². The number of halogens is 1. The number of carbonyl (C=O) groups excluding carboxylic acids is 1. The largest absolute Gasteiger partial charge is 0.298 e. The third kappa shape index (κ3) is 4.72. The summed E-state index contributed by atoms with van der Waals surface area (Å²) in [6.45, 7) is 8.00. The first-order valence-electron chi connectivity index (χ1n) is 6.05. The smallest absolute Gasteiger partial charge is 0.153 e. The van der Waals surface area contributed by atoms with Gasteiger partial charge in [0.1, 0.15) is 0 Å². The molecule has 0 unspecified atom stereocenters. The fourth-order valence-electron chi connectivity index (χ4n) is 1.13. The van der Waals surface area contributed by atoms with E-state index in [4.69, 9.17) is 11.6 Å². The minimum absolute atomic E-state index is 0.556. The second-order valence-electron chi connectivity index (χ2n) is 2.81. The lowest BCUT2D eigenvalue weighted by molar-refractivity contribution is 0.112. The summed E-state index contributed by atoms with van der Waals surface area (Å²) in [6, 6.07) is 7.23. The van der Waals surface area contributed by atoms with Gasteiger partial charge in [0.2, 0.25) is 0 Å². The number of aldehydes is 1. The molecule has 98 valence electrons. The minimum atomic E-state index is 0.556. The zero-order chi connectivity index (χ0) is 14.0. The van der Waals surface area contributed by atoms with Gasteiger partial charge in [-0.15, -0.1) is 0 Å². The van der Waals surface area contributed by atoms with Crippen molar-refractivity contribution < 1.29 is 4.79 Å². The molecule has 0 aliphatic carbocycles. The molecule has 0 fully saturated rings. The van der Waals surface area contributed by atoms with Crippen LogP contribution in [0.1, 0.15) is 38.1 Å². The Kier molecular flexibility index (Phi) is 8.58. The molecule has 0 radical (unpaired) electrons. The van der Waals surface area contributed by atoms with Gasteiger partial charge in [-0.3, -0.25) is 4.79 Å². The van der Waals surface area contributed by atoms with Crippen molar-refractivity contribution in [2.75, 3.05) is 0 Å². The summed E-state index contributed by atoms with van der Waals surface area (Å²) >= 11 is 5.75. The maximum Gasteiger partial charge on any atom is 0.153 e. The maximum absolute atomic E-state index is 10.4. The Morgan fingerprint density at radius 2 is 1.67 bits per heavy atom. The van der Waals surface area contributed by atoms with E-state index < -0.39 is 0 Å². The first-order valence-corrected chi connectivity index (χ1v) is 6.43. The third-order valence-corrected chi connectivity index (χ3v) is 2.08. The molecule has 0 bridgehead atoms. The molecule has 0 aliphatic heterocycles. The maximum atomic E-state index is 10.4. The van der Waals surface area contributed by atoms with E-state index >= 15 is 0 Å². The van der Waals surface area contributed by atoms with Gasteiger partial charge >= 0.3 is 0 Å². The zero-order valence-corrected chi connectivity index (χ0v) is 12.0. The highest BCUT2D eigenvalue weighted by Crippen LogP contribution is 2.12. The fraction of sp³-hybridized carbons (Fsp3) is 0.286. The molecular weight excluding hydrogens is 248 g/mol. The van der Waals surface area contributed by atoms with Gasteiger partial charge in [0.05, 0.1) is 17.4 Å². The van der Waals surface area contributed by atoms with E-state index in [-0.39, 0.29) is 0 Å². The van der Waals surface area contributed by atoms with Crippen LogP contribution in [0.4, 0.5) is 0 Å². The minimum Gasteiger partial charge on any atom is -0.298 e. The van der Waals surface area contributed by atoms with Crippen molar-refractivity contribution in [3.05, 3.63) is 47.2 Å². The van der Waals surface area contributed by atoms with Gasteiger partial charge in [0, 0.05) is 11.2 Å². The standard InChI is InChI=1S/C10H7ClN2O.2C2H6/c11-9-1-3-10(4-2-9)13-6-8(7-14)5-12-13;2*1-2/h1-7H;2*1-2H3. The van der Waals surface area contributed by atoms with E-state index in [1.165, 1.54) is 6.20 Å². The van der Waals surface area contributed by atoms with E-state index in [1.807, 2.05) is 39.8 Å². The molecule has 2 rings (SSSR count). The van der Waals surface area contributed by atoms with Gasteiger partial charge in [0.15, 0.2) is 6.29 Å². The molecule has 2 aromatic rings. The van der Waals surface area contributed by atoms with Crippen LogP contribution in [0.25, 0.3) is 5.69 Å². The van der Waals surface area contributed by atoms with Gasteiger partial charge in [-0.25, -0.2) is 4.68 Å². The Morgan fingerprint density at radius 3 is 2.11 bits per heavy atom. The van der Waals surface area contributed by atoms with Gasteiger partial charge in [-0.2, -0.15) is 5.10 Å².